The minimum atomic E-state index is -0.314. The molecule has 4 aromatic rings. The fraction of sp³-hybridized carbons (Fsp3) is 0. The first-order valence-electron chi connectivity index (χ1n) is 6.98. The Morgan fingerprint density at radius 3 is 2.14 bits per heavy atom. The Morgan fingerprint density at radius 2 is 1.36 bits per heavy atom. The van der Waals surface area contributed by atoms with Gasteiger partial charge in [-0.1, -0.05) is 30.3 Å². The van der Waals surface area contributed by atoms with Gasteiger partial charge < -0.3 is 4.40 Å². The maximum absolute atomic E-state index is 12.8. The number of nitrogens with zero attached hydrogens (tertiary/aromatic N) is 2. The van der Waals surface area contributed by atoms with Crippen LogP contribution in [0, 0.1) is 0 Å². The first kappa shape index (κ1) is 12.6. The lowest BCUT2D eigenvalue weighted by molar-refractivity contribution is 0.0961. The lowest BCUT2D eigenvalue weighted by Gasteiger charge is -2.11. The van der Waals surface area contributed by atoms with Crippen molar-refractivity contribution in [2.45, 2.75) is 0 Å². The second-order valence-electron chi connectivity index (χ2n) is 5.06. The summed E-state index contributed by atoms with van der Waals surface area (Å²) in [5.74, 6) is -0.314. The predicted octanol–water partition coefficient (Wildman–Crippen LogP) is 2.94. The monoisotopic (exact) mass is 288 g/mol. The maximum atomic E-state index is 12.8. The maximum Gasteiger partial charge on any atom is 0.282 e. The van der Waals surface area contributed by atoms with E-state index < -0.39 is 0 Å². The summed E-state index contributed by atoms with van der Waals surface area (Å²) >= 11 is 0. The zero-order valence-electron chi connectivity index (χ0n) is 11.6. The predicted molar refractivity (Wildman–Crippen MR) is 85.3 cm³/mol. The molecular formula is C18H12N2O2. The van der Waals surface area contributed by atoms with E-state index in [0.717, 1.165) is 5.52 Å². The SMILES string of the molecule is O=C(c1ccccc1)n1c(=O)c2cccn2c2ccccc21. The van der Waals surface area contributed by atoms with Crippen LogP contribution in [0.25, 0.3) is 16.6 Å². The van der Waals surface area contributed by atoms with Gasteiger partial charge in [-0.05, 0) is 36.4 Å². The van der Waals surface area contributed by atoms with Crippen LogP contribution in [0.5, 0.6) is 0 Å². The van der Waals surface area contributed by atoms with Crippen LogP contribution in [0.4, 0.5) is 0 Å². The average Bonchev–Trinajstić information content (AvgIpc) is 3.06. The number of benzene rings is 2. The van der Waals surface area contributed by atoms with Crippen molar-refractivity contribution in [3.05, 3.63) is 88.8 Å². The molecule has 4 heteroatoms. The molecule has 0 spiro atoms. The van der Waals surface area contributed by atoms with Crippen LogP contribution in [0.15, 0.2) is 77.7 Å². The van der Waals surface area contributed by atoms with E-state index in [-0.39, 0.29) is 11.5 Å². The van der Waals surface area contributed by atoms with Crippen molar-refractivity contribution in [3.8, 4) is 0 Å². The number of carbonyl (C=O) groups is 1. The largest absolute Gasteiger partial charge is 0.310 e. The van der Waals surface area contributed by atoms with Crippen molar-refractivity contribution >= 4 is 22.5 Å². The summed E-state index contributed by atoms with van der Waals surface area (Å²) in [6, 6.07) is 19.8. The Labute approximate surface area is 125 Å². The van der Waals surface area contributed by atoms with Crippen molar-refractivity contribution in [2.24, 2.45) is 0 Å². The zero-order chi connectivity index (χ0) is 15.1. The third-order valence-corrected chi connectivity index (χ3v) is 3.78. The van der Waals surface area contributed by atoms with Gasteiger partial charge in [-0.2, -0.15) is 0 Å². The van der Waals surface area contributed by atoms with E-state index in [1.807, 2.05) is 34.9 Å². The molecule has 0 amide bonds. The number of rotatable bonds is 1. The number of hydrogen-bond acceptors (Lipinski definition) is 2. The first-order chi connectivity index (χ1) is 10.8. The molecule has 0 saturated carbocycles. The first-order valence-corrected chi connectivity index (χ1v) is 6.98. The van der Waals surface area contributed by atoms with Crippen LogP contribution >= 0.6 is 0 Å². The fourth-order valence-corrected chi connectivity index (χ4v) is 2.76. The lowest BCUT2D eigenvalue weighted by atomic mass is 10.2. The van der Waals surface area contributed by atoms with Crippen LogP contribution < -0.4 is 5.56 Å². The summed E-state index contributed by atoms with van der Waals surface area (Å²) in [6.07, 6.45) is 1.83. The van der Waals surface area contributed by atoms with Crippen molar-refractivity contribution in [1.82, 2.24) is 8.97 Å². The zero-order valence-corrected chi connectivity index (χ0v) is 11.6. The van der Waals surface area contributed by atoms with E-state index in [2.05, 4.69) is 0 Å². The minimum Gasteiger partial charge on any atom is -0.310 e. The van der Waals surface area contributed by atoms with Gasteiger partial charge in [0.25, 0.3) is 11.5 Å². The summed E-state index contributed by atoms with van der Waals surface area (Å²) < 4.78 is 3.06. The third-order valence-electron chi connectivity index (χ3n) is 3.78. The quantitative estimate of drug-likeness (QED) is 0.540. The Morgan fingerprint density at radius 1 is 0.727 bits per heavy atom. The van der Waals surface area contributed by atoms with E-state index in [9.17, 15) is 9.59 Å². The molecule has 22 heavy (non-hydrogen) atoms. The number of aromatic nitrogens is 2. The van der Waals surface area contributed by atoms with Gasteiger partial charge in [-0.15, -0.1) is 0 Å². The number of carbonyl (C=O) groups excluding carboxylic acids is 1. The Hall–Kier alpha value is -3.14. The molecule has 4 nitrogen and oxygen atoms in total. The molecule has 0 saturated heterocycles. The molecule has 0 aliphatic carbocycles. The third kappa shape index (κ3) is 1.71. The van der Waals surface area contributed by atoms with Crippen LogP contribution in [0.1, 0.15) is 10.4 Å². The van der Waals surface area contributed by atoms with Gasteiger partial charge in [0.2, 0.25) is 0 Å². The molecule has 0 N–H and O–H groups in total. The van der Waals surface area contributed by atoms with Crippen LogP contribution in [-0.2, 0) is 0 Å². The highest BCUT2D eigenvalue weighted by Gasteiger charge is 2.16. The molecule has 0 unspecified atom stereocenters. The summed E-state index contributed by atoms with van der Waals surface area (Å²) in [5.41, 5.74) is 2.10. The van der Waals surface area contributed by atoms with Gasteiger partial charge in [0.15, 0.2) is 0 Å². The molecule has 0 fully saturated rings. The molecule has 2 aromatic heterocycles. The Balaban J connectivity index is 2.14. The van der Waals surface area contributed by atoms with E-state index in [1.54, 1.807) is 42.5 Å². The molecule has 0 radical (unpaired) electrons. The van der Waals surface area contributed by atoms with Gasteiger partial charge in [-0.25, -0.2) is 4.57 Å². The Kier molecular flexibility index (Phi) is 2.69. The molecule has 4 rings (SSSR count). The van der Waals surface area contributed by atoms with Crippen molar-refractivity contribution in [3.63, 3.8) is 0 Å². The van der Waals surface area contributed by atoms with Gasteiger partial charge >= 0.3 is 0 Å². The fourth-order valence-electron chi connectivity index (χ4n) is 2.76. The van der Waals surface area contributed by atoms with E-state index in [0.29, 0.717) is 16.6 Å². The molecule has 0 atom stereocenters. The molecular weight excluding hydrogens is 276 g/mol. The summed E-state index contributed by atoms with van der Waals surface area (Å²) in [7, 11) is 0. The van der Waals surface area contributed by atoms with Crippen molar-refractivity contribution < 1.29 is 4.79 Å². The second kappa shape index (κ2) is 4.70. The molecule has 2 heterocycles. The van der Waals surface area contributed by atoms with Crippen molar-refractivity contribution in [1.29, 1.82) is 0 Å². The van der Waals surface area contributed by atoms with E-state index in [1.165, 1.54) is 4.57 Å². The topological polar surface area (TPSA) is 43.5 Å². The molecule has 0 bridgehead atoms. The van der Waals surface area contributed by atoms with Crippen LogP contribution in [0.3, 0.4) is 0 Å². The van der Waals surface area contributed by atoms with E-state index >= 15 is 0 Å². The van der Waals surface area contributed by atoms with Gasteiger partial charge in [0, 0.05) is 11.8 Å². The van der Waals surface area contributed by atoms with Gasteiger partial charge in [-0.3, -0.25) is 9.59 Å². The minimum absolute atomic E-state index is 0.308. The molecule has 106 valence electrons. The Bertz CT molecular complexity index is 1060. The smallest absolute Gasteiger partial charge is 0.282 e. The standard InChI is InChI=1S/C18H12N2O2/c21-17(13-7-2-1-3-8-13)20-15-10-5-4-9-14(15)19-12-6-11-16(19)18(20)22/h1-12H. The molecule has 0 aliphatic heterocycles. The number of para-hydroxylation sites is 2. The number of fused-ring (bicyclic) bond motifs is 3. The van der Waals surface area contributed by atoms with Crippen molar-refractivity contribution in [2.75, 3.05) is 0 Å². The van der Waals surface area contributed by atoms with Crippen LogP contribution in [0.2, 0.25) is 0 Å². The van der Waals surface area contributed by atoms with Crippen LogP contribution in [-0.4, -0.2) is 14.9 Å². The lowest BCUT2D eigenvalue weighted by Crippen LogP contribution is -2.29. The normalized spacial score (nSPS) is 11.1. The number of hydrogen-bond donors (Lipinski definition) is 0. The summed E-state index contributed by atoms with van der Waals surface area (Å²) in [5, 5.41) is 0. The summed E-state index contributed by atoms with van der Waals surface area (Å²) in [6.45, 7) is 0. The molecule has 0 aliphatic rings. The second-order valence-corrected chi connectivity index (χ2v) is 5.06. The van der Waals surface area contributed by atoms with E-state index in [4.69, 9.17) is 0 Å². The summed E-state index contributed by atoms with van der Waals surface area (Å²) in [4.78, 5) is 25.5. The average molecular weight is 288 g/mol. The highest BCUT2D eigenvalue weighted by molar-refractivity contribution is 6.01. The highest BCUT2D eigenvalue weighted by Crippen LogP contribution is 2.16. The molecule has 2 aromatic carbocycles. The van der Waals surface area contributed by atoms with Gasteiger partial charge in [0.1, 0.15) is 5.52 Å². The highest BCUT2D eigenvalue weighted by atomic mass is 16.2. The van der Waals surface area contributed by atoms with Gasteiger partial charge in [0.05, 0.1) is 11.0 Å².